The number of rotatable bonds is 3. The zero-order valence-electron chi connectivity index (χ0n) is 13.2. The summed E-state index contributed by atoms with van der Waals surface area (Å²) in [5.41, 5.74) is 1.29. The molecule has 0 radical (unpaired) electrons. The number of benzene rings is 1. The number of carbonyl (C=O) groups is 1. The molecule has 0 atom stereocenters. The second-order valence-electron chi connectivity index (χ2n) is 6.71. The largest absolute Gasteiger partial charge is 0.444 e. The summed E-state index contributed by atoms with van der Waals surface area (Å²) in [7, 11) is 0. The van der Waals surface area contributed by atoms with Gasteiger partial charge in [0.1, 0.15) is 5.60 Å². The fourth-order valence-electron chi connectivity index (χ4n) is 2.48. The highest BCUT2D eigenvalue weighted by molar-refractivity contribution is 5.70. The van der Waals surface area contributed by atoms with Gasteiger partial charge in [-0.3, -0.25) is 0 Å². The number of ether oxygens (including phenoxy) is 1. The Morgan fingerprint density at radius 2 is 2.09 bits per heavy atom. The van der Waals surface area contributed by atoms with Gasteiger partial charge in [-0.1, -0.05) is 12.1 Å². The zero-order valence-corrected chi connectivity index (χ0v) is 13.2. The average Bonchev–Trinajstić information content (AvgIpc) is 3.01. The molecule has 1 fully saturated rings. The van der Waals surface area contributed by atoms with Crippen LogP contribution >= 0.6 is 0 Å². The minimum atomic E-state index is -0.489. The van der Waals surface area contributed by atoms with Gasteiger partial charge in [-0.15, -0.1) is 0 Å². The lowest BCUT2D eigenvalue weighted by Crippen LogP contribution is -2.39. The van der Waals surface area contributed by atoms with Crippen LogP contribution in [0.5, 0.6) is 0 Å². The van der Waals surface area contributed by atoms with Crippen molar-refractivity contribution in [2.45, 2.75) is 44.8 Å². The smallest absolute Gasteiger partial charge is 0.408 e. The maximum atomic E-state index is 12.1. The van der Waals surface area contributed by atoms with Crippen LogP contribution in [0.25, 0.3) is 5.69 Å². The summed E-state index contributed by atoms with van der Waals surface area (Å²) >= 11 is 0. The second-order valence-corrected chi connectivity index (χ2v) is 6.71. The minimum Gasteiger partial charge on any atom is -0.444 e. The molecule has 2 aromatic rings. The van der Waals surface area contributed by atoms with Gasteiger partial charge < -0.3 is 10.1 Å². The maximum Gasteiger partial charge on any atom is 0.408 e. The summed E-state index contributed by atoms with van der Waals surface area (Å²) in [6.45, 7) is 5.60. The van der Waals surface area contributed by atoms with E-state index in [1.807, 2.05) is 55.9 Å². The molecule has 1 aliphatic carbocycles. The Morgan fingerprint density at radius 1 is 1.32 bits per heavy atom. The Bertz CT molecular complexity index is 667. The number of carbonyl (C=O) groups excluding carboxylic acids is 1. The SMILES string of the molecule is CC(C)(C)OC(=O)NC1(c2cccc(-n3cccn3)c2)CC1. The number of nitrogens with zero attached hydrogens (tertiary/aromatic N) is 2. The molecule has 1 heterocycles. The van der Waals surface area contributed by atoms with E-state index in [-0.39, 0.29) is 11.6 Å². The van der Waals surface area contributed by atoms with E-state index in [0.29, 0.717) is 0 Å². The lowest BCUT2D eigenvalue weighted by Gasteiger charge is -2.24. The maximum absolute atomic E-state index is 12.1. The molecule has 1 amide bonds. The third-order valence-electron chi connectivity index (χ3n) is 3.66. The van der Waals surface area contributed by atoms with Gasteiger partial charge in [0, 0.05) is 12.4 Å². The molecule has 5 nitrogen and oxygen atoms in total. The average molecular weight is 299 g/mol. The first-order chi connectivity index (χ1) is 10.4. The summed E-state index contributed by atoms with van der Waals surface area (Å²) in [4.78, 5) is 12.1. The van der Waals surface area contributed by atoms with Gasteiger partial charge in [0.05, 0.1) is 11.2 Å². The van der Waals surface area contributed by atoms with E-state index in [2.05, 4.69) is 16.5 Å². The Morgan fingerprint density at radius 3 is 2.68 bits per heavy atom. The van der Waals surface area contributed by atoms with Crippen LogP contribution in [0.4, 0.5) is 4.79 Å². The zero-order chi connectivity index (χ0) is 15.8. The summed E-state index contributed by atoms with van der Waals surface area (Å²) in [6, 6.07) is 9.98. The molecule has 3 rings (SSSR count). The predicted molar refractivity (Wildman–Crippen MR) is 83.8 cm³/mol. The molecule has 116 valence electrons. The molecule has 1 aliphatic rings. The van der Waals surface area contributed by atoms with Crippen molar-refractivity contribution >= 4 is 6.09 Å². The van der Waals surface area contributed by atoms with Crippen LogP contribution in [-0.4, -0.2) is 21.5 Å². The molecule has 0 bridgehead atoms. The second kappa shape index (κ2) is 5.16. The Balaban J connectivity index is 1.79. The quantitative estimate of drug-likeness (QED) is 0.945. The van der Waals surface area contributed by atoms with E-state index in [9.17, 15) is 4.79 Å². The molecule has 5 heteroatoms. The standard InChI is InChI=1S/C17H21N3O2/c1-16(2,3)22-15(21)19-17(8-9-17)13-6-4-7-14(12-13)20-11-5-10-18-20/h4-7,10-12H,8-9H2,1-3H3,(H,19,21). The topological polar surface area (TPSA) is 56.1 Å². The van der Waals surface area contributed by atoms with Crippen LogP contribution in [0, 0.1) is 0 Å². The molecular formula is C17H21N3O2. The number of amides is 1. The third kappa shape index (κ3) is 3.13. The van der Waals surface area contributed by atoms with Crippen LogP contribution < -0.4 is 5.32 Å². The molecule has 22 heavy (non-hydrogen) atoms. The molecule has 0 aliphatic heterocycles. The van der Waals surface area contributed by atoms with Gasteiger partial charge in [-0.25, -0.2) is 9.48 Å². The number of nitrogens with one attached hydrogen (secondary N) is 1. The molecule has 0 saturated heterocycles. The highest BCUT2D eigenvalue weighted by Gasteiger charge is 2.46. The van der Waals surface area contributed by atoms with E-state index in [1.165, 1.54) is 0 Å². The fourth-order valence-corrected chi connectivity index (χ4v) is 2.48. The molecule has 1 aromatic carbocycles. The van der Waals surface area contributed by atoms with Gasteiger partial charge in [0.2, 0.25) is 0 Å². The summed E-state index contributed by atoms with van der Waals surface area (Å²) in [6.07, 6.45) is 5.14. The van der Waals surface area contributed by atoms with E-state index in [1.54, 1.807) is 6.20 Å². The van der Waals surface area contributed by atoms with Crippen molar-refractivity contribution in [1.82, 2.24) is 15.1 Å². The van der Waals surface area contributed by atoms with Crippen LogP contribution in [-0.2, 0) is 10.3 Å². The van der Waals surface area contributed by atoms with Crippen LogP contribution in [0.1, 0.15) is 39.2 Å². The van der Waals surface area contributed by atoms with Crippen LogP contribution in [0.2, 0.25) is 0 Å². The number of hydrogen-bond acceptors (Lipinski definition) is 3. The molecule has 1 N–H and O–H groups in total. The fraction of sp³-hybridized carbons (Fsp3) is 0.412. The summed E-state index contributed by atoms with van der Waals surface area (Å²) < 4.78 is 7.18. The first kappa shape index (κ1) is 14.6. The van der Waals surface area contributed by atoms with Gasteiger partial charge >= 0.3 is 6.09 Å². The van der Waals surface area contributed by atoms with E-state index in [0.717, 1.165) is 24.1 Å². The van der Waals surface area contributed by atoms with Crippen molar-refractivity contribution in [1.29, 1.82) is 0 Å². The highest BCUT2D eigenvalue weighted by atomic mass is 16.6. The van der Waals surface area contributed by atoms with Crippen molar-refractivity contribution in [3.05, 3.63) is 48.3 Å². The van der Waals surface area contributed by atoms with E-state index < -0.39 is 5.60 Å². The van der Waals surface area contributed by atoms with Gasteiger partial charge in [0.15, 0.2) is 0 Å². The summed E-state index contributed by atoms with van der Waals surface area (Å²) in [5.74, 6) is 0. The van der Waals surface area contributed by atoms with Gasteiger partial charge in [-0.2, -0.15) is 5.10 Å². The van der Waals surface area contributed by atoms with Crippen molar-refractivity contribution in [3.8, 4) is 5.69 Å². The Hall–Kier alpha value is -2.30. The lowest BCUT2D eigenvalue weighted by molar-refractivity contribution is 0.0495. The molecule has 1 aromatic heterocycles. The molecule has 0 unspecified atom stereocenters. The third-order valence-corrected chi connectivity index (χ3v) is 3.66. The van der Waals surface area contributed by atoms with Gasteiger partial charge in [-0.05, 0) is 57.4 Å². The molecular weight excluding hydrogens is 278 g/mol. The number of alkyl carbamates (subject to hydrolysis) is 1. The lowest BCUT2D eigenvalue weighted by atomic mass is 10.0. The van der Waals surface area contributed by atoms with E-state index >= 15 is 0 Å². The molecule has 0 spiro atoms. The molecule has 1 saturated carbocycles. The first-order valence-electron chi connectivity index (χ1n) is 7.50. The monoisotopic (exact) mass is 299 g/mol. The first-order valence-corrected chi connectivity index (χ1v) is 7.50. The van der Waals surface area contributed by atoms with Crippen molar-refractivity contribution in [3.63, 3.8) is 0 Å². The number of hydrogen-bond donors (Lipinski definition) is 1. The van der Waals surface area contributed by atoms with Crippen LogP contribution in [0.15, 0.2) is 42.7 Å². The van der Waals surface area contributed by atoms with Gasteiger partial charge in [0.25, 0.3) is 0 Å². The Kier molecular flexibility index (Phi) is 3.43. The van der Waals surface area contributed by atoms with E-state index in [4.69, 9.17) is 4.74 Å². The van der Waals surface area contributed by atoms with Crippen molar-refractivity contribution in [2.75, 3.05) is 0 Å². The number of aromatic nitrogens is 2. The van der Waals surface area contributed by atoms with Crippen molar-refractivity contribution in [2.24, 2.45) is 0 Å². The predicted octanol–water partition coefficient (Wildman–Crippen LogP) is 3.39. The normalized spacial score (nSPS) is 16.1. The van der Waals surface area contributed by atoms with Crippen LogP contribution in [0.3, 0.4) is 0 Å². The Labute approximate surface area is 130 Å². The highest BCUT2D eigenvalue weighted by Crippen LogP contribution is 2.46. The van der Waals surface area contributed by atoms with Crippen molar-refractivity contribution < 1.29 is 9.53 Å². The minimum absolute atomic E-state index is 0.300. The summed E-state index contributed by atoms with van der Waals surface area (Å²) in [5, 5.41) is 7.27.